The lowest BCUT2D eigenvalue weighted by Gasteiger charge is -2.31. The van der Waals surface area contributed by atoms with Crippen LogP contribution in [-0.2, 0) is 19.6 Å². The molecule has 0 saturated carbocycles. The molecule has 32 heavy (non-hydrogen) atoms. The number of carbonyl (C=O) groups excluding carboxylic acids is 2. The van der Waals surface area contributed by atoms with Gasteiger partial charge in [-0.25, -0.2) is 8.42 Å². The monoisotopic (exact) mass is 477 g/mol. The first-order chi connectivity index (χ1) is 15.1. The van der Waals surface area contributed by atoms with Crippen molar-refractivity contribution >= 4 is 44.8 Å². The maximum Gasteiger partial charge on any atom is 0.265 e. The smallest absolute Gasteiger partial charge is 0.265 e. The molecule has 2 aliphatic heterocycles. The number of rotatable bonds is 4. The second-order valence-corrected chi connectivity index (χ2v) is 10.4. The van der Waals surface area contributed by atoms with E-state index >= 15 is 0 Å². The molecular formula is C22H24ClN3O5S. The average molecular weight is 478 g/mol. The van der Waals surface area contributed by atoms with Crippen LogP contribution in [0.5, 0.6) is 5.75 Å². The number of piperidine rings is 1. The lowest BCUT2D eigenvalue weighted by Crippen LogP contribution is -2.41. The van der Waals surface area contributed by atoms with Crippen molar-refractivity contribution in [1.82, 2.24) is 4.31 Å². The fourth-order valence-corrected chi connectivity index (χ4v) is 5.49. The summed E-state index contributed by atoms with van der Waals surface area (Å²) in [6.07, 6.45) is 0.186. The Morgan fingerprint density at radius 1 is 1.19 bits per heavy atom. The molecule has 2 N–H and O–H groups in total. The van der Waals surface area contributed by atoms with Gasteiger partial charge in [0.25, 0.3) is 5.91 Å². The summed E-state index contributed by atoms with van der Waals surface area (Å²) in [7, 11) is -3.77. The van der Waals surface area contributed by atoms with Crippen molar-refractivity contribution < 1.29 is 22.7 Å². The number of amides is 2. The van der Waals surface area contributed by atoms with E-state index < -0.39 is 16.1 Å². The number of sulfonamides is 1. The number of fused-ring (bicyclic) bond motifs is 1. The van der Waals surface area contributed by atoms with Gasteiger partial charge in [0.1, 0.15) is 5.75 Å². The van der Waals surface area contributed by atoms with Crippen molar-refractivity contribution in [1.29, 1.82) is 0 Å². The van der Waals surface area contributed by atoms with Crippen molar-refractivity contribution in [3.63, 3.8) is 0 Å². The first-order valence-corrected chi connectivity index (χ1v) is 12.2. The zero-order valence-corrected chi connectivity index (χ0v) is 19.3. The normalized spacial score (nSPS) is 19.6. The summed E-state index contributed by atoms with van der Waals surface area (Å²) >= 11 is 6.02. The van der Waals surface area contributed by atoms with Crippen molar-refractivity contribution in [3.05, 3.63) is 47.0 Å². The Kier molecular flexibility index (Phi) is 6.15. The van der Waals surface area contributed by atoms with E-state index in [1.165, 1.54) is 16.4 Å². The minimum absolute atomic E-state index is 0.0761. The number of carbonyl (C=O) groups is 2. The van der Waals surface area contributed by atoms with Gasteiger partial charge in [-0.15, -0.1) is 0 Å². The largest absolute Gasteiger partial charge is 0.479 e. The molecule has 1 atom stereocenters. The second kappa shape index (κ2) is 8.73. The van der Waals surface area contributed by atoms with E-state index in [0.717, 1.165) is 5.56 Å². The Bertz CT molecular complexity index is 1180. The molecule has 0 aliphatic carbocycles. The highest BCUT2D eigenvalue weighted by molar-refractivity contribution is 7.89. The standard InChI is InChI=1S/C22H24ClN3O5S/c1-13-3-4-16(23)11-18(13)24-22(28)15-7-9-26(10-8-15)32(29,30)17-5-6-20-19(12-17)25-21(27)14(2)31-20/h3-6,11-12,14-15H,7-10H2,1-2H3,(H,24,28)(H,25,27)/t14-/m1/s1. The molecule has 170 valence electrons. The lowest BCUT2D eigenvalue weighted by molar-refractivity contribution is -0.123. The Morgan fingerprint density at radius 3 is 2.62 bits per heavy atom. The SMILES string of the molecule is Cc1ccc(Cl)cc1NC(=O)C1CCN(S(=O)(=O)c2ccc3c(c2)NC(=O)[C@@H](C)O3)CC1. The molecule has 2 heterocycles. The number of hydrogen-bond acceptors (Lipinski definition) is 5. The first-order valence-electron chi connectivity index (χ1n) is 10.3. The Labute approximate surface area is 191 Å². The van der Waals surface area contributed by atoms with Gasteiger partial charge in [-0.05, 0) is 62.6 Å². The number of nitrogens with one attached hydrogen (secondary N) is 2. The van der Waals surface area contributed by atoms with Gasteiger partial charge in [-0.1, -0.05) is 17.7 Å². The molecule has 4 rings (SSSR count). The molecule has 1 fully saturated rings. The summed E-state index contributed by atoms with van der Waals surface area (Å²) in [5.74, 6) is -0.329. The molecule has 2 aliphatic rings. The van der Waals surface area contributed by atoms with Gasteiger partial charge in [0.15, 0.2) is 6.10 Å². The third-order valence-corrected chi connectivity index (χ3v) is 7.93. The van der Waals surface area contributed by atoms with Crippen LogP contribution < -0.4 is 15.4 Å². The summed E-state index contributed by atoms with van der Waals surface area (Å²) in [5, 5.41) is 6.11. The number of anilines is 2. The van der Waals surface area contributed by atoms with Crippen LogP contribution in [-0.4, -0.2) is 43.7 Å². The van der Waals surface area contributed by atoms with Gasteiger partial charge in [0.2, 0.25) is 15.9 Å². The van der Waals surface area contributed by atoms with Gasteiger partial charge in [0, 0.05) is 29.7 Å². The molecule has 2 amide bonds. The van der Waals surface area contributed by atoms with E-state index in [0.29, 0.717) is 35.0 Å². The van der Waals surface area contributed by atoms with Crippen LogP contribution in [0.3, 0.4) is 0 Å². The fraction of sp³-hybridized carbons (Fsp3) is 0.364. The molecule has 10 heteroatoms. The third kappa shape index (κ3) is 4.46. The van der Waals surface area contributed by atoms with Crippen molar-refractivity contribution in [3.8, 4) is 5.75 Å². The van der Waals surface area contributed by atoms with Crippen molar-refractivity contribution in [2.45, 2.75) is 37.7 Å². The first kappa shape index (κ1) is 22.6. The Hall–Kier alpha value is -2.62. The highest BCUT2D eigenvalue weighted by Gasteiger charge is 2.33. The molecule has 0 unspecified atom stereocenters. The van der Waals surface area contributed by atoms with E-state index in [2.05, 4.69) is 10.6 Å². The quantitative estimate of drug-likeness (QED) is 0.702. The van der Waals surface area contributed by atoms with Crippen LogP contribution in [0.15, 0.2) is 41.3 Å². The summed E-state index contributed by atoms with van der Waals surface area (Å²) in [5.41, 5.74) is 1.89. The molecule has 0 radical (unpaired) electrons. The van der Waals surface area contributed by atoms with Gasteiger partial charge < -0.3 is 15.4 Å². The Balaban J connectivity index is 1.42. The molecule has 0 bridgehead atoms. The van der Waals surface area contributed by atoms with Crippen LogP contribution in [0.25, 0.3) is 0 Å². The van der Waals surface area contributed by atoms with Crippen molar-refractivity contribution in [2.75, 3.05) is 23.7 Å². The third-order valence-electron chi connectivity index (χ3n) is 5.80. The van der Waals surface area contributed by atoms with Gasteiger partial charge in [-0.2, -0.15) is 4.31 Å². The summed E-state index contributed by atoms with van der Waals surface area (Å²) in [6.45, 7) is 3.96. The van der Waals surface area contributed by atoms with Gasteiger partial charge in [0.05, 0.1) is 10.6 Å². The van der Waals surface area contributed by atoms with E-state index in [-0.39, 0.29) is 35.7 Å². The van der Waals surface area contributed by atoms with E-state index in [1.807, 2.05) is 13.0 Å². The summed E-state index contributed by atoms with van der Waals surface area (Å²) in [4.78, 5) is 24.6. The van der Waals surface area contributed by atoms with Crippen LogP contribution in [0, 0.1) is 12.8 Å². The summed E-state index contributed by atoms with van der Waals surface area (Å²) in [6, 6.07) is 9.72. The maximum atomic E-state index is 13.1. The van der Waals surface area contributed by atoms with Crippen LogP contribution in [0.2, 0.25) is 5.02 Å². The maximum absolute atomic E-state index is 13.1. The van der Waals surface area contributed by atoms with Crippen molar-refractivity contribution in [2.24, 2.45) is 5.92 Å². The highest BCUT2D eigenvalue weighted by atomic mass is 35.5. The molecule has 2 aromatic carbocycles. The second-order valence-electron chi connectivity index (χ2n) is 8.03. The molecule has 1 saturated heterocycles. The van der Waals surface area contributed by atoms with Gasteiger partial charge in [-0.3, -0.25) is 9.59 Å². The fourth-order valence-electron chi connectivity index (χ4n) is 3.82. The minimum atomic E-state index is -3.77. The molecule has 0 spiro atoms. The lowest BCUT2D eigenvalue weighted by atomic mass is 9.97. The highest BCUT2D eigenvalue weighted by Crippen LogP contribution is 2.34. The van der Waals surface area contributed by atoms with E-state index in [1.54, 1.807) is 25.1 Å². The molecule has 8 nitrogen and oxygen atoms in total. The number of halogens is 1. The Morgan fingerprint density at radius 2 is 1.91 bits per heavy atom. The predicted molar refractivity (Wildman–Crippen MR) is 121 cm³/mol. The zero-order valence-electron chi connectivity index (χ0n) is 17.7. The number of hydrogen-bond donors (Lipinski definition) is 2. The zero-order chi connectivity index (χ0) is 23.0. The van der Waals surface area contributed by atoms with Gasteiger partial charge >= 0.3 is 0 Å². The number of benzene rings is 2. The van der Waals surface area contributed by atoms with Crippen LogP contribution >= 0.6 is 11.6 Å². The topological polar surface area (TPSA) is 105 Å². The van der Waals surface area contributed by atoms with E-state index in [4.69, 9.17) is 16.3 Å². The number of nitrogens with zero attached hydrogens (tertiary/aromatic N) is 1. The number of aryl methyl sites for hydroxylation is 1. The van der Waals surface area contributed by atoms with E-state index in [9.17, 15) is 18.0 Å². The minimum Gasteiger partial charge on any atom is -0.479 e. The number of ether oxygens (including phenoxy) is 1. The molecule has 2 aromatic rings. The average Bonchev–Trinajstić information content (AvgIpc) is 2.76. The summed E-state index contributed by atoms with van der Waals surface area (Å²) < 4.78 is 33.1. The molecule has 0 aromatic heterocycles. The van der Waals surface area contributed by atoms with Crippen LogP contribution in [0.1, 0.15) is 25.3 Å². The van der Waals surface area contributed by atoms with Crippen LogP contribution in [0.4, 0.5) is 11.4 Å². The predicted octanol–water partition coefficient (Wildman–Crippen LogP) is 3.41. The molecular weight excluding hydrogens is 454 g/mol.